The van der Waals surface area contributed by atoms with Crippen molar-refractivity contribution in [2.75, 3.05) is 20.8 Å². The van der Waals surface area contributed by atoms with Gasteiger partial charge in [0.05, 0.1) is 14.2 Å². The molecule has 0 aromatic heterocycles. The Kier molecular flexibility index (Phi) is 4.21. The van der Waals surface area contributed by atoms with Crippen LogP contribution in [0, 0.1) is 0 Å². The van der Waals surface area contributed by atoms with Crippen molar-refractivity contribution in [1.82, 2.24) is 4.90 Å². The molecule has 1 aliphatic heterocycles. The molecular formula is C18H19NO4. The van der Waals surface area contributed by atoms with E-state index in [9.17, 15) is 9.90 Å². The number of ether oxygens (including phenoxy) is 2. The number of hydrogen-bond donors (Lipinski definition) is 1. The third-order valence-electron chi connectivity index (χ3n) is 4.11. The minimum Gasteiger partial charge on any atom is -0.493 e. The molecule has 0 fully saturated rings. The first-order valence-electron chi connectivity index (χ1n) is 7.44. The van der Waals surface area contributed by atoms with Gasteiger partial charge in [0.25, 0.3) is 5.91 Å². The number of nitrogens with zero attached hydrogens (tertiary/aromatic N) is 1. The van der Waals surface area contributed by atoms with Crippen LogP contribution in [0.4, 0.5) is 0 Å². The molecule has 1 aliphatic rings. The molecular weight excluding hydrogens is 294 g/mol. The fraction of sp³-hybridized carbons (Fsp3) is 0.278. The zero-order valence-corrected chi connectivity index (χ0v) is 13.2. The summed E-state index contributed by atoms with van der Waals surface area (Å²) in [5.41, 5.74) is 2.26. The van der Waals surface area contributed by atoms with Crippen molar-refractivity contribution in [3.63, 3.8) is 0 Å². The summed E-state index contributed by atoms with van der Waals surface area (Å²) in [4.78, 5) is 13.9. The topological polar surface area (TPSA) is 59.0 Å². The Hall–Kier alpha value is -2.53. The number of hydrogen-bond acceptors (Lipinski definition) is 4. The monoisotopic (exact) mass is 313 g/mol. The third kappa shape index (κ3) is 2.75. The molecule has 2 aromatic rings. The summed E-state index contributed by atoms with van der Waals surface area (Å²) in [5.74, 6) is 1.19. The van der Waals surface area contributed by atoms with Gasteiger partial charge in [0.2, 0.25) is 0 Å². The number of carbonyl (C=O) groups is 1. The van der Waals surface area contributed by atoms with Gasteiger partial charge in [-0.25, -0.2) is 0 Å². The molecule has 0 saturated carbocycles. The molecule has 23 heavy (non-hydrogen) atoms. The molecule has 0 saturated heterocycles. The van der Waals surface area contributed by atoms with Crippen molar-refractivity contribution < 1.29 is 19.4 Å². The summed E-state index contributed by atoms with van der Waals surface area (Å²) >= 11 is 0. The van der Waals surface area contributed by atoms with Crippen LogP contribution in [0.2, 0.25) is 0 Å². The van der Waals surface area contributed by atoms with Crippen LogP contribution < -0.4 is 9.47 Å². The summed E-state index contributed by atoms with van der Waals surface area (Å²) in [6, 6.07) is 12.8. The fourth-order valence-corrected chi connectivity index (χ4v) is 2.86. The van der Waals surface area contributed by atoms with Crippen LogP contribution in [0.5, 0.6) is 11.5 Å². The molecule has 5 nitrogen and oxygen atoms in total. The lowest BCUT2D eigenvalue weighted by atomic mass is 10.1. The lowest BCUT2D eigenvalue weighted by Crippen LogP contribution is -2.30. The lowest BCUT2D eigenvalue weighted by molar-refractivity contribution is 0.0182. The Labute approximate surface area is 135 Å². The number of methoxy groups -OCH3 is 2. The quantitative estimate of drug-likeness (QED) is 0.921. The number of aliphatic hydroxyl groups excluding tert-OH is 1. The average molecular weight is 313 g/mol. The standard InChI is InChI=1S/C18H19NO4/c1-22-15-8-7-12(11-16(15)23-2)9-10-19-17(20)13-5-3-4-6-14(13)18(19)21/h3-8,11,17,20H,9-10H2,1-2H3/t17-/m1/s1. The number of benzene rings is 2. The van der Waals surface area contributed by atoms with E-state index >= 15 is 0 Å². The van der Waals surface area contributed by atoms with Crippen molar-refractivity contribution in [3.05, 3.63) is 59.2 Å². The summed E-state index contributed by atoms with van der Waals surface area (Å²) in [6.45, 7) is 0.435. The molecule has 2 aromatic carbocycles. The molecule has 1 heterocycles. The minimum atomic E-state index is -0.876. The molecule has 120 valence electrons. The van der Waals surface area contributed by atoms with E-state index in [-0.39, 0.29) is 5.91 Å². The van der Waals surface area contributed by atoms with Gasteiger partial charge in [0.1, 0.15) is 0 Å². The fourth-order valence-electron chi connectivity index (χ4n) is 2.86. The Morgan fingerprint density at radius 3 is 2.52 bits per heavy atom. The Morgan fingerprint density at radius 2 is 1.83 bits per heavy atom. The van der Waals surface area contributed by atoms with Gasteiger partial charge in [-0.3, -0.25) is 4.79 Å². The van der Waals surface area contributed by atoms with Gasteiger partial charge in [0, 0.05) is 17.7 Å². The van der Waals surface area contributed by atoms with Gasteiger partial charge >= 0.3 is 0 Å². The maximum absolute atomic E-state index is 12.4. The molecule has 1 amide bonds. The number of rotatable bonds is 5. The highest BCUT2D eigenvalue weighted by molar-refractivity contribution is 5.98. The first-order chi connectivity index (χ1) is 11.2. The van der Waals surface area contributed by atoms with Crippen molar-refractivity contribution in [2.24, 2.45) is 0 Å². The molecule has 0 bridgehead atoms. The zero-order chi connectivity index (χ0) is 16.4. The smallest absolute Gasteiger partial charge is 0.256 e. The molecule has 0 unspecified atom stereocenters. The van der Waals surface area contributed by atoms with E-state index < -0.39 is 6.23 Å². The SMILES string of the molecule is COc1ccc(CCN2C(=O)c3ccccc3[C@H]2O)cc1OC. The van der Waals surface area contributed by atoms with Gasteiger partial charge in [-0.2, -0.15) is 0 Å². The van der Waals surface area contributed by atoms with E-state index in [2.05, 4.69) is 0 Å². The highest BCUT2D eigenvalue weighted by atomic mass is 16.5. The summed E-state index contributed by atoms with van der Waals surface area (Å²) in [5, 5.41) is 10.3. The summed E-state index contributed by atoms with van der Waals surface area (Å²) in [6.07, 6.45) is -0.254. The van der Waals surface area contributed by atoms with Crippen molar-refractivity contribution in [3.8, 4) is 11.5 Å². The normalized spacial score (nSPS) is 16.4. The highest BCUT2D eigenvalue weighted by Crippen LogP contribution is 2.32. The van der Waals surface area contributed by atoms with E-state index in [1.54, 1.807) is 32.4 Å². The van der Waals surface area contributed by atoms with E-state index in [1.165, 1.54) is 4.90 Å². The first-order valence-corrected chi connectivity index (χ1v) is 7.44. The van der Waals surface area contributed by atoms with Gasteiger partial charge in [-0.15, -0.1) is 0 Å². The van der Waals surface area contributed by atoms with Crippen LogP contribution in [0.1, 0.15) is 27.7 Å². The molecule has 3 rings (SSSR count). The largest absolute Gasteiger partial charge is 0.493 e. The van der Waals surface area contributed by atoms with E-state index in [0.29, 0.717) is 35.6 Å². The van der Waals surface area contributed by atoms with Crippen LogP contribution in [0.15, 0.2) is 42.5 Å². The minimum absolute atomic E-state index is 0.131. The maximum Gasteiger partial charge on any atom is 0.256 e. The average Bonchev–Trinajstić information content (AvgIpc) is 2.84. The van der Waals surface area contributed by atoms with Crippen LogP contribution in [0.25, 0.3) is 0 Å². The molecule has 0 spiro atoms. The number of amides is 1. The van der Waals surface area contributed by atoms with E-state index in [1.807, 2.05) is 24.3 Å². The lowest BCUT2D eigenvalue weighted by Gasteiger charge is -2.21. The zero-order valence-electron chi connectivity index (χ0n) is 13.2. The second-order valence-corrected chi connectivity index (χ2v) is 5.40. The van der Waals surface area contributed by atoms with Crippen molar-refractivity contribution in [1.29, 1.82) is 0 Å². The first kappa shape index (κ1) is 15.4. The second-order valence-electron chi connectivity index (χ2n) is 5.40. The highest BCUT2D eigenvalue weighted by Gasteiger charge is 2.34. The Bertz CT molecular complexity index is 729. The molecule has 1 N–H and O–H groups in total. The number of fused-ring (bicyclic) bond motifs is 1. The number of carbonyl (C=O) groups excluding carboxylic acids is 1. The van der Waals surface area contributed by atoms with Crippen LogP contribution in [-0.4, -0.2) is 36.7 Å². The van der Waals surface area contributed by atoms with E-state index in [4.69, 9.17) is 9.47 Å². The van der Waals surface area contributed by atoms with E-state index in [0.717, 1.165) is 5.56 Å². The molecule has 0 radical (unpaired) electrons. The third-order valence-corrected chi connectivity index (χ3v) is 4.11. The maximum atomic E-state index is 12.4. The Balaban J connectivity index is 1.73. The van der Waals surface area contributed by atoms with Crippen LogP contribution >= 0.6 is 0 Å². The van der Waals surface area contributed by atoms with Crippen molar-refractivity contribution in [2.45, 2.75) is 12.6 Å². The van der Waals surface area contributed by atoms with Gasteiger partial charge in [-0.1, -0.05) is 24.3 Å². The Morgan fingerprint density at radius 1 is 1.09 bits per heavy atom. The van der Waals surface area contributed by atoms with Gasteiger partial charge in [0.15, 0.2) is 17.7 Å². The second kappa shape index (κ2) is 6.30. The predicted molar refractivity (Wildman–Crippen MR) is 85.7 cm³/mol. The van der Waals surface area contributed by atoms with Crippen LogP contribution in [0.3, 0.4) is 0 Å². The summed E-state index contributed by atoms with van der Waals surface area (Å²) in [7, 11) is 3.18. The van der Waals surface area contributed by atoms with Gasteiger partial charge in [-0.05, 0) is 30.2 Å². The van der Waals surface area contributed by atoms with Crippen molar-refractivity contribution >= 4 is 5.91 Å². The molecule has 1 atom stereocenters. The van der Waals surface area contributed by atoms with Crippen LogP contribution in [-0.2, 0) is 6.42 Å². The van der Waals surface area contributed by atoms with Gasteiger partial charge < -0.3 is 19.5 Å². The number of aliphatic hydroxyl groups is 1. The summed E-state index contributed by atoms with van der Waals surface area (Å²) < 4.78 is 10.5. The predicted octanol–water partition coefficient (Wildman–Crippen LogP) is 2.39. The molecule has 5 heteroatoms. The molecule has 0 aliphatic carbocycles.